The first-order valence-corrected chi connectivity index (χ1v) is 14.8. The molecular formula is C31H54O4. The summed E-state index contributed by atoms with van der Waals surface area (Å²) in [5.41, 5.74) is 0.499. The molecule has 11 atom stereocenters. The van der Waals surface area contributed by atoms with Gasteiger partial charge in [-0.25, -0.2) is 0 Å². The number of ether oxygens (including phenoxy) is 1. The number of aliphatic hydroxyl groups excluding tert-OH is 2. The molecule has 4 saturated carbocycles. The topological polar surface area (TPSA) is 66.8 Å². The van der Waals surface area contributed by atoms with Gasteiger partial charge in [0.25, 0.3) is 0 Å². The Balaban J connectivity index is 1.46. The Hall–Kier alpha value is -0.610. The zero-order chi connectivity index (χ0) is 25.8. The Bertz CT molecular complexity index is 758. The molecule has 0 aromatic rings. The van der Waals surface area contributed by atoms with E-state index in [9.17, 15) is 15.0 Å². The Labute approximate surface area is 215 Å². The van der Waals surface area contributed by atoms with E-state index in [1.54, 1.807) is 0 Å². The summed E-state index contributed by atoms with van der Waals surface area (Å²) in [5, 5.41) is 22.3. The SMILES string of the molecule is CC[C@H]1[C@@H](O)[C@@H]2[C@H](CC[C@]3(C)[C@@H]([C@H](C)CCOC(=O)CC(C)(C)C)CC[C@@H]23)[C@@]2(C)CC[C@@H](O)C[C@@H]12. The van der Waals surface area contributed by atoms with Crippen molar-refractivity contribution in [2.75, 3.05) is 6.61 Å². The first-order chi connectivity index (χ1) is 16.3. The van der Waals surface area contributed by atoms with Gasteiger partial charge in [-0.15, -0.1) is 0 Å². The quantitative estimate of drug-likeness (QED) is 0.411. The van der Waals surface area contributed by atoms with E-state index in [1.165, 1.54) is 25.7 Å². The molecule has 0 aliphatic heterocycles. The van der Waals surface area contributed by atoms with Crippen LogP contribution >= 0.6 is 0 Å². The molecule has 0 aromatic carbocycles. The minimum absolute atomic E-state index is 0.0310. The van der Waals surface area contributed by atoms with E-state index < -0.39 is 0 Å². The summed E-state index contributed by atoms with van der Waals surface area (Å²) in [6, 6.07) is 0. The van der Waals surface area contributed by atoms with Gasteiger partial charge in [0.15, 0.2) is 0 Å². The van der Waals surface area contributed by atoms with Crippen LogP contribution in [0, 0.1) is 57.7 Å². The lowest BCUT2D eigenvalue weighted by Crippen LogP contribution is -2.62. The van der Waals surface area contributed by atoms with Crippen molar-refractivity contribution in [2.45, 2.75) is 125 Å². The molecule has 0 unspecified atom stereocenters. The molecule has 0 saturated heterocycles. The maximum Gasteiger partial charge on any atom is 0.306 e. The molecule has 0 heterocycles. The Morgan fingerprint density at radius 2 is 1.66 bits per heavy atom. The highest BCUT2D eigenvalue weighted by Gasteiger charge is 2.64. The van der Waals surface area contributed by atoms with Crippen LogP contribution in [0.15, 0.2) is 0 Å². The van der Waals surface area contributed by atoms with Crippen molar-refractivity contribution in [1.29, 1.82) is 0 Å². The van der Waals surface area contributed by atoms with E-state index in [0.717, 1.165) is 32.1 Å². The molecule has 4 rings (SSSR count). The number of hydrogen-bond acceptors (Lipinski definition) is 4. The van der Waals surface area contributed by atoms with Crippen LogP contribution in [-0.4, -0.2) is 35.0 Å². The van der Waals surface area contributed by atoms with Crippen LogP contribution in [0.1, 0.15) is 113 Å². The highest BCUT2D eigenvalue weighted by molar-refractivity contribution is 5.70. The first kappa shape index (κ1) is 27.4. The number of carbonyl (C=O) groups is 1. The van der Waals surface area contributed by atoms with E-state index in [2.05, 4.69) is 48.5 Å². The van der Waals surface area contributed by atoms with Gasteiger partial charge in [0.2, 0.25) is 0 Å². The van der Waals surface area contributed by atoms with Crippen molar-refractivity contribution in [3.8, 4) is 0 Å². The normalized spacial score (nSPS) is 46.3. The van der Waals surface area contributed by atoms with Crippen LogP contribution in [0.5, 0.6) is 0 Å². The Morgan fingerprint density at radius 3 is 2.31 bits per heavy atom. The van der Waals surface area contributed by atoms with Crippen LogP contribution in [-0.2, 0) is 9.53 Å². The lowest BCUT2D eigenvalue weighted by atomic mass is 9.41. The van der Waals surface area contributed by atoms with Gasteiger partial charge in [-0.05, 0) is 109 Å². The monoisotopic (exact) mass is 490 g/mol. The summed E-state index contributed by atoms with van der Waals surface area (Å²) < 4.78 is 5.63. The highest BCUT2D eigenvalue weighted by atomic mass is 16.5. The number of rotatable bonds is 6. The van der Waals surface area contributed by atoms with Gasteiger partial charge < -0.3 is 14.9 Å². The summed E-state index contributed by atoms with van der Waals surface area (Å²) in [7, 11) is 0. The van der Waals surface area contributed by atoms with Gasteiger partial charge in [0.1, 0.15) is 0 Å². The van der Waals surface area contributed by atoms with Crippen molar-refractivity contribution in [1.82, 2.24) is 0 Å². The predicted molar refractivity (Wildman–Crippen MR) is 141 cm³/mol. The number of aliphatic hydroxyl groups is 2. The number of carbonyl (C=O) groups excluding carboxylic acids is 1. The van der Waals surface area contributed by atoms with Gasteiger partial charge in [0, 0.05) is 0 Å². The fourth-order valence-corrected chi connectivity index (χ4v) is 9.98. The zero-order valence-corrected chi connectivity index (χ0v) is 23.7. The zero-order valence-electron chi connectivity index (χ0n) is 23.7. The third-order valence-corrected chi connectivity index (χ3v) is 11.7. The lowest BCUT2D eigenvalue weighted by Gasteiger charge is -2.64. The van der Waals surface area contributed by atoms with E-state index in [1.807, 2.05) is 0 Å². The molecule has 0 bridgehead atoms. The predicted octanol–water partition coefficient (Wildman–Crippen LogP) is 6.62. The smallest absolute Gasteiger partial charge is 0.306 e. The average Bonchev–Trinajstić information content (AvgIpc) is 3.11. The molecule has 202 valence electrons. The molecule has 4 aliphatic rings. The largest absolute Gasteiger partial charge is 0.466 e. The van der Waals surface area contributed by atoms with Crippen LogP contribution in [0.3, 0.4) is 0 Å². The lowest BCUT2D eigenvalue weighted by molar-refractivity contribution is -0.203. The number of esters is 1. The molecule has 4 aliphatic carbocycles. The third-order valence-electron chi connectivity index (χ3n) is 11.7. The number of hydrogen-bond donors (Lipinski definition) is 2. The minimum atomic E-state index is -0.231. The maximum atomic E-state index is 12.2. The summed E-state index contributed by atoms with van der Waals surface area (Å²) in [5.74, 6) is 3.44. The van der Waals surface area contributed by atoms with Gasteiger partial charge in [-0.1, -0.05) is 54.9 Å². The second-order valence-electron chi connectivity index (χ2n) is 14.8. The molecule has 4 heteroatoms. The van der Waals surface area contributed by atoms with E-state index in [-0.39, 0.29) is 34.4 Å². The average molecular weight is 491 g/mol. The molecular weight excluding hydrogens is 436 g/mol. The number of fused-ring (bicyclic) bond motifs is 5. The van der Waals surface area contributed by atoms with E-state index in [4.69, 9.17) is 4.74 Å². The Kier molecular flexibility index (Phi) is 7.78. The van der Waals surface area contributed by atoms with Crippen molar-refractivity contribution < 1.29 is 19.7 Å². The van der Waals surface area contributed by atoms with Crippen molar-refractivity contribution in [2.24, 2.45) is 57.7 Å². The van der Waals surface area contributed by atoms with Crippen molar-refractivity contribution in [3.63, 3.8) is 0 Å². The molecule has 0 radical (unpaired) electrons. The Morgan fingerprint density at radius 1 is 1.00 bits per heavy atom. The summed E-state index contributed by atoms with van der Waals surface area (Å²) in [6.45, 7) is 16.4. The molecule has 35 heavy (non-hydrogen) atoms. The van der Waals surface area contributed by atoms with Crippen LogP contribution in [0.4, 0.5) is 0 Å². The van der Waals surface area contributed by atoms with Gasteiger partial charge >= 0.3 is 5.97 Å². The van der Waals surface area contributed by atoms with Gasteiger partial charge in [-0.3, -0.25) is 4.79 Å². The molecule has 0 aromatic heterocycles. The van der Waals surface area contributed by atoms with Gasteiger partial charge in [-0.2, -0.15) is 0 Å². The fourth-order valence-electron chi connectivity index (χ4n) is 9.98. The first-order valence-electron chi connectivity index (χ1n) is 14.8. The van der Waals surface area contributed by atoms with E-state index in [0.29, 0.717) is 54.5 Å². The fraction of sp³-hybridized carbons (Fsp3) is 0.968. The van der Waals surface area contributed by atoms with Gasteiger partial charge in [0.05, 0.1) is 25.2 Å². The van der Waals surface area contributed by atoms with Crippen LogP contribution < -0.4 is 0 Å². The molecule has 4 fully saturated rings. The van der Waals surface area contributed by atoms with Crippen LogP contribution in [0.25, 0.3) is 0 Å². The molecule has 0 spiro atoms. The van der Waals surface area contributed by atoms with E-state index >= 15 is 0 Å². The van der Waals surface area contributed by atoms with Crippen molar-refractivity contribution >= 4 is 5.97 Å². The summed E-state index contributed by atoms with van der Waals surface area (Å²) in [4.78, 5) is 12.2. The molecule has 2 N–H and O–H groups in total. The third kappa shape index (κ3) is 4.97. The van der Waals surface area contributed by atoms with Crippen LogP contribution in [0.2, 0.25) is 0 Å². The molecule has 0 amide bonds. The maximum absolute atomic E-state index is 12.2. The van der Waals surface area contributed by atoms with Crippen molar-refractivity contribution in [3.05, 3.63) is 0 Å². The highest BCUT2D eigenvalue weighted by Crippen LogP contribution is 2.69. The summed E-state index contributed by atoms with van der Waals surface area (Å²) in [6.07, 6.45) is 9.88. The standard InChI is InChI=1S/C31H54O4/c1-8-21-25-17-20(32)11-14-31(25,7)24-12-15-30(6)22(9-10-23(30)27(24)28(21)34)19(2)13-16-35-26(33)18-29(3,4)5/h19-25,27-28,32,34H,8-18H2,1-7H3/t19-,20-,21-,22-,23+,24+,25+,27+,28-,30-,31-/m1/s1. The second-order valence-corrected chi connectivity index (χ2v) is 14.8. The summed E-state index contributed by atoms with van der Waals surface area (Å²) >= 11 is 0. The second kappa shape index (κ2) is 9.93. The molecule has 4 nitrogen and oxygen atoms in total. The minimum Gasteiger partial charge on any atom is -0.466 e.